The van der Waals surface area contributed by atoms with Crippen LogP contribution in [0.5, 0.6) is 0 Å². The molecule has 0 bridgehead atoms. The number of ketones is 1. The number of carbonyl (C=O) groups excluding carboxylic acids is 1. The van der Waals surface area contributed by atoms with Crippen LogP contribution in [0.3, 0.4) is 0 Å². The Morgan fingerprint density at radius 1 is 1.07 bits per heavy atom. The lowest BCUT2D eigenvalue weighted by atomic mass is 10.1. The summed E-state index contributed by atoms with van der Waals surface area (Å²) in [7, 11) is 0. The minimum atomic E-state index is -0.217. The Kier molecular flexibility index (Phi) is 8.89. The van der Waals surface area contributed by atoms with Gasteiger partial charge in [-0.05, 0) is 19.3 Å². The molecule has 0 aromatic heterocycles. The van der Waals surface area contributed by atoms with E-state index in [9.17, 15) is 4.79 Å². The predicted octanol–water partition coefficient (Wildman–Crippen LogP) is 1.94. The van der Waals surface area contributed by atoms with Gasteiger partial charge in [-0.25, -0.2) is 0 Å². The molecular weight excluding hydrogens is 176 g/mol. The second-order valence-corrected chi connectivity index (χ2v) is 3.91. The zero-order chi connectivity index (χ0) is 10.8. The summed E-state index contributed by atoms with van der Waals surface area (Å²) in [6.45, 7) is 2.15. The molecule has 0 saturated carbocycles. The summed E-state index contributed by atoms with van der Waals surface area (Å²) in [6.07, 6.45) is 7.36. The van der Waals surface area contributed by atoms with Crippen LogP contribution in [-0.2, 0) is 4.79 Å². The van der Waals surface area contributed by atoms with Crippen molar-refractivity contribution in [2.24, 2.45) is 11.5 Å². The van der Waals surface area contributed by atoms with Crippen molar-refractivity contribution in [2.45, 2.75) is 64.5 Å². The molecule has 0 aliphatic carbocycles. The van der Waals surface area contributed by atoms with Gasteiger partial charge in [0.2, 0.25) is 0 Å². The second-order valence-electron chi connectivity index (χ2n) is 3.91. The predicted molar refractivity (Wildman–Crippen MR) is 59.8 cm³/mol. The second kappa shape index (κ2) is 9.16. The third-order valence-electron chi connectivity index (χ3n) is 2.30. The van der Waals surface area contributed by atoms with Crippen molar-refractivity contribution < 1.29 is 4.79 Å². The van der Waals surface area contributed by atoms with E-state index in [1.54, 1.807) is 0 Å². The first-order valence-electron chi connectivity index (χ1n) is 5.69. The van der Waals surface area contributed by atoms with Gasteiger partial charge in [-0.15, -0.1) is 0 Å². The van der Waals surface area contributed by atoms with E-state index in [4.69, 9.17) is 11.5 Å². The van der Waals surface area contributed by atoms with Crippen LogP contribution in [0.4, 0.5) is 0 Å². The highest BCUT2D eigenvalue weighted by Gasteiger charge is 2.01. The van der Waals surface area contributed by atoms with E-state index in [1.165, 1.54) is 12.8 Å². The van der Waals surface area contributed by atoms with E-state index in [2.05, 4.69) is 6.92 Å². The maximum absolute atomic E-state index is 11.3. The Labute approximate surface area is 87.2 Å². The van der Waals surface area contributed by atoms with Crippen LogP contribution in [-0.4, -0.2) is 11.9 Å². The molecule has 4 N–H and O–H groups in total. The summed E-state index contributed by atoms with van der Waals surface area (Å²) in [5.74, 6) is 0.393. The van der Waals surface area contributed by atoms with Crippen LogP contribution < -0.4 is 11.5 Å². The fourth-order valence-electron chi connectivity index (χ4n) is 1.40. The number of nitrogens with two attached hydrogens (primary N) is 2. The summed E-state index contributed by atoms with van der Waals surface area (Å²) in [5, 5.41) is 0. The van der Waals surface area contributed by atoms with Crippen LogP contribution in [0.25, 0.3) is 0 Å². The van der Waals surface area contributed by atoms with Crippen LogP contribution >= 0.6 is 0 Å². The van der Waals surface area contributed by atoms with Crippen molar-refractivity contribution in [3.05, 3.63) is 0 Å². The van der Waals surface area contributed by atoms with Gasteiger partial charge in [-0.1, -0.05) is 26.2 Å². The number of carbonyl (C=O) groups is 1. The molecule has 0 aromatic carbocycles. The number of hydrogen-bond acceptors (Lipinski definition) is 3. The highest BCUT2D eigenvalue weighted by Crippen LogP contribution is 2.06. The smallest absolute Gasteiger partial charge is 0.132 e. The van der Waals surface area contributed by atoms with Gasteiger partial charge in [-0.3, -0.25) is 4.79 Å². The molecule has 0 aromatic rings. The highest BCUT2D eigenvalue weighted by atomic mass is 16.1. The number of unbranched alkanes of at least 4 members (excludes halogenated alkanes) is 3. The quantitative estimate of drug-likeness (QED) is 0.441. The largest absolute Gasteiger partial charge is 0.316 e. The Morgan fingerprint density at radius 3 is 2.14 bits per heavy atom. The number of Topliss-reactive ketones (excluding diaryl/α,β-unsaturated/α-hetero) is 1. The van der Waals surface area contributed by atoms with E-state index in [0.29, 0.717) is 12.2 Å². The van der Waals surface area contributed by atoms with Crippen LogP contribution in [0, 0.1) is 0 Å². The van der Waals surface area contributed by atoms with Crippen molar-refractivity contribution in [1.82, 2.24) is 0 Å². The van der Waals surface area contributed by atoms with E-state index in [0.717, 1.165) is 32.1 Å². The van der Waals surface area contributed by atoms with Gasteiger partial charge in [0, 0.05) is 12.8 Å². The Morgan fingerprint density at radius 2 is 1.64 bits per heavy atom. The molecule has 0 fully saturated rings. The SMILES string of the molecule is CCCCCC(=O)CCCCC(N)N. The van der Waals surface area contributed by atoms with Crippen LogP contribution in [0.2, 0.25) is 0 Å². The van der Waals surface area contributed by atoms with Crippen LogP contribution in [0.15, 0.2) is 0 Å². The van der Waals surface area contributed by atoms with Gasteiger partial charge in [0.05, 0.1) is 6.17 Å². The maximum atomic E-state index is 11.3. The zero-order valence-electron chi connectivity index (χ0n) is 9.30. The van der Waals surface area contributed by atoms with E-state index in [1.807, 2.05) is 0 Å². The molecule has 84 valence electrons. The van der Waals surface area contributed by atoms with E-state index >= 15 is 0 Å². The lowest BCUT2D eigenvalue weighted by Crippen LogP contribution is -2.29. The fraction of sp³-hybridized carbons (Fsp3) is 0.909. The normalized spacial score (nSPS) is 10.9. The summed E-state index contributed by atoms with van der Waals surface area (Å²) >= 11 is 0. The Hall–Kier alpha value is -0.410. The molecule has 0 rings (SSSR count). The molecule has 0 amide bonds. The van der Waals surface area contributed by atoms with Crippen LogP contribution in [0.1, 0.15) is 58.3 Å². The topological polar surface area (TPSA) is 69.1 Å². The molecule has 14 heavy (non-hydrogen) atoms. The van der Waals surface area contributed by atoms with Gasteiger partial charge < -0.3 is 11.5 Å². The van der Waals surface area contributed by atoms with Crippen molar-refractivity contribution in [3.8, 4) is 0 Å². The third-order valence-corrected chi connectivity index (χ3v) is 2.30. The molecule has 0 aliphatic rings. The summed E-state index contributed by atoms with van der Waals surface area (Å²) < 4.78 is 0. The Balaban J connectivity index is 3.18. The standard InChI is InChI=1S/C11H24N2O/c1-2-3-4-7-10(14)8-5-6-9-11(12)13/h11H,2-9,12-13H2,1H3. The highest BCUT2D eigenvalue weighted by molar-refractivity contribution is 5.78. The average molecular weight is 200 g/mol. The van der Waals surface area contributed by atoms with Gasteiger partial charge in [0.25, 0.3) is 0 Å². The van der Waals surface area contributed by atoms with E-state index < -0.39 is 0 Å². The summed E-state index contributed by atoms with van der Waals surface area (Å²) in [6, 6.07) is 0. The molecule has 3 heteroatoms. The molecule has 0 spiro atoms. The molecule has 0 heterocycles. The molecule has 0 aliphatic heterocycles. The lowest BCUT2D eigenvalue weighted by Gasteiger charge is -2.04. The zero-order valence-corrected chi connectivity index (χ0v) is 9.30. The number of hydrogen-bond donors (Lipinski definition) is 2. The molecule has 0 atom stereocenters. The minimum Gasteiger partial charge on any atom is -0.316 e. The van der Waals surface area contributed by atoms with Gasteiger partial charge >= 0.3 is 0 Å². The fourth-order valence-corrected chi connectivity index (χ4v) is 1.40. The maximum Gasteiger partial charge on any atom is 0.132 e. The van der Waals surface area contributed by atoms with Gasteiger partial charge in [0.15, 0.2) is 0 Å². The molecular formula is C11H24N2O. The molecule has 0 saturated heterocycles. The van der Waals surface area contributed by atoms with Crippen molar-refractivity contribution >= 4 is 5.78 Å². The average Bonchev–Trinajstić information content (AvgIpc) is 2.13. The van der Waals surface area contributed by atoms with E-state index in [-0.39, 0.29) is 6.17 Å². The Bertz CT molecular complexity index is 146. The third kappa shape index (κ3) is 9.68. The summed E-state index contributed by atoms with van der Waals surface area (Å²) in [4.78, 5) is 11.3. The first kappa shape index (κ1) is 13.6. The molecule has 0 radical (unpaired) electrons. The molecule has 3 nitrogen and oxygen atoms in total. The minimum absolute atomic E-state index is 0.217. The lowest BCUT2D eigenvalue weighted by molar-refractivity contribution is -0.119. The van der Waals surface area contributed by atoms with Gasteiger partial charge in [0.1, 0.15) is 5.78 Å². The summed E-state index contributed by atoms with van der Waals surface area (Å²) in [5.41, 5.74) is 10.8. The first-order chi connectivity index (χ1) is 6.66. The number of rotatable bonds is 9. The van der Waals surface area contributed by atoms with Crippen molar-refractivity contribution in [2.75, 3.05) is 0 Å². The first-order valence-corrected chi connectivity index (χ1v) is 5.69. The van der Waals surface area contributed by atoms with Crippen molar-refractivity contribution in [3.63, 3.8) is 0 Å². The van der Waals surface area contributed by atoms with Gasteiger partial charge in [-0.2, -0.15) is 0 Å². The molecule has 0 unspecified atom stereocenters. The monoisotopic (exact) mass is 200 g/mol. The van der Waals surface area contributed by atoms with Crippen molar-refractivity contribution in [1.29, 1.82) is 0 Å².